The van der Waals surface area contributed by atoms with E-state index in [9.17, 15) is 0 Å². The molecule has 6 heteroatoms. The van der Waals surface area contributed by atoms with Crippen LogP contribution in [0.5, 0.6) is 0 Å². The third kappa shape index (κ3) is 3.06. The maximum absolute atomic E-state index is 5.82. The van der Waals surface area contributed by atoms with Gasteiger partial charge in [0.15, 0.2) is 5.82 Å². The highest BCUT2D eigenvalue weighted by molar-refractivity contribution is 6.66. The summed E-state index contributed by atoms with van der Waals surface area (Å²) in [7, 11) is 0. The summed E-state index contributed by atoms with van der Waals surface area (Å²) in [6, 6.07) is 7.53. The molecule has 0 radical (unpaired) electrons. The van der Waals surface area contributed by atoms with Crippen molar-refractivity contribution in [3.05, 3.63) is 48.0 Å². The third-order valence-electron chi connectivity index (χ3n) is 2.30. The summed E-state index contributed by atoms with van der Waals surface area (Å²) in [5, 5.41) is 0. The summed E-state index contributed by atoms with van der Waals surface area (Å²) >= 11 is 17.5. The van der Waals surface area contributed by atoms with Gasteiger partial charge < -0.3 is 10.3 Å². The van der Waals surface area contributed by atoms with Crippen LogP contribution in [0.25, 0.3) is 0 Å². The molecule has 2 N–H and O–H groups in total. The predicted molar refractivity (Wildman–Crippen MR) is 71.4 cm³/mol. The van der Waals surface area contributed by atoms with E-state index in [2.05, 4.69) is 4.98 Å². The molecule has 0 amide bonds. The number of anilines is 1. The topological polar surface area (TPSA) is 43.8 Å². The molecule has 0 aliphatic rings. The summed E-state index contributed by atoms with van der Waals surface area (Å²) in [5.41, 5.74) is 7.40. The van der Waals surface area contributed by atoms with Gasteiger partial charge in [-0.25, -0.2) is 4.98 Å². The second kappa shape index (κ2) is 4.77. The molecule has 0 unspecified atom stereocenters. The van der Waals surface area contributed by atoms with Gasteiger partial charge in [-0.3, -0.25) is 0 Å². The van der Waals surface area contributed by atoms with Crippen molar-refractivity contribution in [2.75, 3.05) is 5.73 Å². The Morgan fingerprint density at radius 3 is 2.41 bits per heavy atom. The molecule has 0 spiro atoms. The molecule has 1 heterocycles. The minimum atomic E-state index is -1.52. The molecular formula is C11H10Cl3N3. The van der Waals surface area contributed by atoms with Gasteiger partial charge in [0.2, 0.25) is 3.79 Å². The fourth-order valence-electron chi connectivity index (χ4n) is 1.51. The van der Waals surface area contributed by atoms with E-state index < -0.39 is 3.79 Å². The molecule has 2 aromatic rings. The Morgan fingerprint density at radius 1 is 1.18 bits per heavy atom. The molecule has 0 saturated heterocycles. The molecule has 0 aliphatic carbocycles. The zero-order valence-electron chi connectivity index (χ0n) is 8.78. The van der Waals surface area contributed by atoms with Crippen LogP contribution in [0.15, 0.2) is 36.7 Å². The zero-order valence-corrected chi connectivity index (χ0v) is 11.0. The lowest BCUT2D eigenvalue weighted by atomic mass is 10.2. The first kappa shape index (κ1) is 12.6. The summed E-state index contributed by atoms with van der Waals surface area (Å²) in [6.45, 7) is 0.587. The fourth-order valence-corrected chi connectivity index (χ4v) is 1.98. The lowest BCUT2D eigenvalue weighted by molar-refractivity contribution is 0.737. The van der Waals surface area contributed by atoms with Crippen LogP contribution < -0.4 is 5.73 Å². The second-order valence-corrected chi connectivity index (χ2v) is 5.90. The van der Waals surface area contributed by atoms with Crippen LogP contribution in [-0.4, -0.2) is 9.55 Å². The Morgan fingerprint density at radius 2 is 1.82 bits per heavy atom. The Balaban J connectivity index is 2.25. The first-order chi connectivity index (χ1) is 7.97. The number of alkyl halides is 3. The number of rotatable bonds is 2. The maximum Gasteiger partial charge on any atom is 0.248 e. The van der Waals surface area contributed by atoms with E-state index in [4.69, 9.17) is 40.5 Å². The van der Waals surface area contributed by atoms with Crippen molar-refractivity contribution >= 4 is 40.5 Å². The molecule has 0 aliphatic heterocycles. The molecule has 1 aromatic heterocycles. The van der Waals surface area contributed by atoms with Gasteiger partial charge in [0, 0.05) is 24.6 Å². The van der Waals surface area contributed by atoms with Crippen molar-refractivity contribution in [3.63, 3.8) is 0 Å². The predicted octanol–water partition coefficient (Wildman–Crippen LogP) is 3.34. The van der Waals surface area contributed by atoms with Gasteiger partial charge in [0.25, 0.3) is 0 Å². The standard InChI is InChI=1S/C11H10Cl3N3/c12-11(13,14)10-16-5-6-17(10)7-8-1-3-9(15)4-2-8/h1-6H,7,15H2. The average molecular weight is 291 g/mol. The minimum Gasteiger partial charge on any atom is -0.399 e. The molecule has 3 nitrogen and oxygen atoms in total. The highest BCUT2D eigenvalue weighted by Gasteiger charge is 2.28. The Kier molecular flexibility index (Phi) is 3.52. The summed E-state index contributed by atoms with van der Waals surface area (Å²) in [6.07, 6.45) is 3.38. The van der Waals surface area contributed by atoms with Crippen molar-refractivity contribution in [2.45, 2.75) is 10.3 Å². The van der Waals surface area contributed by atoms with Gasteiger partial charge in [-0.05, 0) is 17.7 Å². The summed E-state index contributed by atoms with van der Waals surface area (Å²) in [5.74, 6) is 0.402. The molecular weight excluding hydrogens is 281 g/mol. The molecule has 90 valence electrons. The van der Waals surface area contributed by atoms with E-state index >= 15 is 0 Å². The van der Waals surface area contributed by atoms with Crippen molar-refractivity contribution in [3.8, 4) is 0 Å². The quantitative estimate of drug-likeness (QED) is 0.681. The van der Waals surface area contributed by atoms with Crippen LogP contribution in [-0.2, 0) is 10.3 Å². The molecule has 0 fully saturated rings. The maximum atomic E-state index is 5.82. The fraction of sp³-hybridized carbons (Fsp3) is 0.182. The lowest BCUT2D eigenvalue weighted by Crippen LogP contribution is -2.12. The van der Waals surface area contributed by atoms with E-state index in [1.165, 1.54) is 0 Å². The monoisotopic (exact) mass is 289 g/mol. The zero-order chi connectivity index (χ0) is 12.5. The number of nitrogens with zero attached hydrogens (tertiary/aromatic N) is 2. The SMILES string of the molecule is Nc1ccc(Cn2ccnc2C(Cl)(Cl)Cl)cc1. The Labute approximate surface area is 114 Å². The van der Waals surface area contributed by atoms with Crippen LogP contribution in [0.1, 0.15) is 11.4 Å². The first-order valence-corrected chi connectivity index (χ1v) is 6.03. The number of aromatic nitrogens is 2. The third-order valence-corrected chi connectivity index (χ3v) is 2.81. The van der Waals surface area contributed by atoms with Crippen molar-refractivity contribution in [1.82, 2.24) is 9.55 Å². The van der Waals surface area contributed by atoms with Crippen LogP contribution in [0.2, 0.25) is 0 Å². The molecule has 1 aromatic carbocycles. The normalized spacial score (nSPS) is 11.7. The van der Waals surface area contributed by atoms with Gasteiger partial charge in [-0.1, -0.05) is 46.9 Å². The molecule has 0 atom stereocenters. The van der Waals surface area contributed by atoms with Crippen LogP contribution >= 0.6 is 34.8 Å². The number of hydrogen-bond acceptors (Lipinski definition) is 2. The van der Waals surface area contributed by atoms with Crippen molar-refractivity contribution in [2.24, 2.45) is 0 Å². The number of nitrogen functional groups attached to an aromatic ring is 1. The van der Waals surface area contributed by atoms with Crippen molar-refractivity contribution in [1.29, 1.82) is 0 Å². The molecule has 2 rings (SSSR count). The minimum absolute atomic E-state index is 0.402. The second-order valence-electron chi connectivity index (χ2n) is 3.62. The molecule has 0 saturated carbocycles. The Hall–Kier alpha value is -0.900. The first-order valence-electron chi connectivity index (χ1n) is 4.89. The van der Waals surface area contributed by atoms with Gasteiger partial charge >= 0.3 is 0 Å². The van der Waals surface area contributed by atoms with E-state index in [-0.39, 0.29) is 0 Å². The van der Waals surface area contributed by atoms with Gasteiger partial charge in [-0.2, -0.15) is 0 Å². The van der Waals surface area contributed by atoms with Crippen molar-refractivity contribution < 1.29 is 0 Å². The summed E-state index contributed by atoms with van der Waals surface area (Å²) < 4.78 is 0.274. The Bertz CT molecular complexity index is 499. The number of nitrogens with two attached hydrogens (primary N) is 1. The van der Waals surface area contributed by atoms with Crippen LogP contribution in [0, 0.1) is 0 Å². The van der Waals surface area contributed by atoms with E-state index in [0.29, 0.717) is 12.4 Å². The smallest absolute Gasteiger partial charge is 0.248 e. The number of hydrogen-bond donors (Lipinski definition) is 1. The molecule has 0 bridgehead atoms. The number of halogens is 3. The van der Waals surface area contributed by atoms with Gasteiger partial charge in [0.05, 0.1) is 0 Å². The highest BCUT2D eigenvalue weighted by atomic mass is 35.6. The van der Waals surface area contributed by atoms with E-state index in [1.54, 1.807) is 17.0 Å². The van der Waals surface area contributed by atoms with Gasteiger partial charge in [0.1, 0.15) is 0 Å². The number of imidazole rings is 1. The largest absolute Gasteiger partial charge is 0.399 e. The van der Waals surface area contributed by atoms with Crippen LogP contribution in [0.3, 0.4) is 0 Å². The van der Waals surface area contributed by atoms with Gasteiger partial charge in [-0.15, -0.1) is 0 Å². The van der Waals surface area contributed by atoms with E-state index in [1.807, 2.05) is 24.3 Å². The van der Waals surface area contributed by atoms with E-state index in [0.717, 1.165) is 11.3 Å². The van der Waals surface area contributed by atoms with Crippen LogP contribution in [0.4, 0.5) is 5.69 Å². The number of benzene rings is 1. The molecule has 17 heavy (non-hydrogen) atoms. The highest BCUT2D eigenvalue weighted by Crippen LogP contribution is 2.37. The summed E-state index contributed by atoms with van der Waals surface area (Å²) in [4.78, 5) is 4.04. The average Bonchev–Trinajstić information content (AvgIpc) is 2.69. The lowest BCUT2D eigenvalue weighted by Gasteiger charge is -2.13.